The van der Waals surface area contributed by atoms with Gasteiger partial charge in [0.25, 0.3) is 0 Å². The Morgan fingerprint density at radius 1 is 1.69 bits per heavy atom. The van der Waals surface area contributed by atoms with E-state index in [-0.39, 0.29) is 5.75 Å². The maximum absolute atomic E-state index is 10.6. The van der Waals surface area contributed by atoms with Gasteiger partial charge in [-0.05, 0) is 0 Å². The SMILES string of the molecule is Cc1nnc(CSCC(NC=O)C(=O)O)o1. The lowest BCUT2D eigenvalue weighted by Gasteiger charge is -2.09. The van der Waals surface area contributed by atoms with E-state index in [9.17, 15) is 9.59 Å². The average molecular weight is 245 g/mol. The van der Waals surface area contributed by atoms with E-state index in [1.165, 1.54) is 11.8 Å². The first kappa shape index (κ1) is 12.5. The maximum Gasteiger partial charge on any atom is 0.327 e. The Labute approximate surface area is 95.6 Å². The summed E-state index contributed by atoms with van der Waals surface area (Å²) in [7, 11) is 0. The van der Waals surface area contributed by atoms with Crippen LogP contribution in [0.1, 0.15) is 11.8 Å². The fourth-order valence-corrected chi connectivity index (χ4v) is 1.82. The van der Waals surface area contributed by atoms with Crippen LogP contribution < -0.4 is 5.32 Å². The van der Waals surface area contributed by atoms with Gasteiger partial charge in [0.2, 0.25) is 18.2 Å². The molecule has 1 rings (SSSR count). The van der Waals surface area contributed by atoms with Crippen molar-refractivity contribution in [3.05, 3.63) is 11.8 Å². The molecule has 1 unspecified atom stereocenters. The zero-order valence-corrected chi connectivity index (χ0v) is 9.36. The molecule has 1 amide bonds. The zero-order valence-electron chi connectivity index (χ0n) is 8.54. The van der Waals surface area contributed by atoms with Gasteiger partial charge in [-0.3, -0.25) is 4.79 Å². The molecule has 2 N–H and O–H groups in total. The largest absolute Gasteiger partial charge is 0.480 e. The maximum atomic E-state index is 10.6. The van der Waals surface area contributed by atoms with Gasteiger partial charge in [-0.1, -0.05) is 0 Å². The van der Waals surface area contributed by atoms with Crippen molar-refractivity contribution in [2.75, 3.05) is 5.75 Å². The fraction of sp³-hybridized carbons (Fsp3) is 0.500. The smallest absolute Gasteiger partial charge is 0.327 e. The van der Waals surface area contributed by atoms with Crippen LogP contribution in [-0.4, -0.2) is 39.5 Å². The molecule has 88 valence electrons. The summed E-state index contributed by atoms with van der Waals surface area (Å²) in [4.78, 5) is 20.8. The number of aryl methyl sites for hydroxylation is 1. The van der Waals surface area contributed by atoms with Gasteiger partial charge in [-0.2, -0.15) is 0 Å². The second-order valence-corrected chi connectivity index (χ2v) is 3.94. The van der Waals surface area contributed by atoms with Crippen LogP contribution in [0.2, 0.25) is 0 Å². The summed E-state index contributed by atoms with van der Waals surface area (Å²) in [6.45, 7) is 1.68. The summed E-state index contributed by atoms with van der Waals surface area (Å²) in [5.41, 5.74) is 0. The molecular weight excluding hydrogens is 234 g/mol. The van der Waals surface area contributed by atoms with Crippen molar-refractivity contribution in [2.45, 2.75) is 18.7 Å². The number of amides is 1. The minimum absolute atomic E-state index is 0.246. The van der Waals surface area contributed by atoms with E-state index in [1.54, 1.807) is 6.92 Å². The summed E-state index contributed by atoms with van der Waals surface area (Å²) in [6.07, 6.45) is 0.371. The van der Waals surface area contributed by atoms with Gasteiger partial charge in [-0.25, -0.2) is 4.79 Å². The molecule has 0 bridgehead atoms. The van der Waals surface area contributed by atoms with Crippen LogP contribution >= 0.6 is 11.8 Å². The number of nitrogens with zero attached hydrogens (tertiary/aromatic N) is 2. The number of rotatable bonds is 7. The second-order valence-electron chi connectivity index (χ2n) is 2.91. The van der Waals surface area contributed by atoms with Crippen molar-refractivity contribution < 1.29 is 19.1 Å². The van der Waals surface area contributed by atoms with Crippen LogP contribution in [-0.2, 0) is 15.3 Å². The van der Waals surface area contributed by atoms with Crippen LogP contribution in [0.25, 0.3) is 0 Å². The number of hydrogen-bond acceptors (Lipinski definition) is 6. The lowest BCUT2D eigenvalue weighted by molar-refractivity contribution is -0.139. The van der Waals surface area contributed by atoms with Gasteiger partial charge >= 0.3 is 5.97 Å². The van der Waals surface area contributed by atoms with E-state index >= 15 is 0 Å². The van der Waals surface area contributed by atoms with Crippen molar-refractivity contribution in [1.29, 1.82) is 0 Å². The monoisotopic (exact) mass is 245 g/mol. The molecule has 0 aliphatic heterocycles. The molecule has 1 aromatic heterocycles. The van der Waals surface area contributed by atoms with E-state index in [4.69, 9.17) is 9.52 Å². The molecule has 0 aromatic carbocycles. The van der Waals surface area contributed by atoms with Crippen molar-refractivity contribution in [3.63, 3.8) is 0 Å². The Kier molecular flexibility index (Phi) is 4.77. The molecule has 0 saturated heterocycles. The molecule has 0 spiro atoms. The molecule has 1 atom stereocenters. The van der Waals surface area contributed by atoms with Gasteiger partial charge < -0.3 is 14.8 Å². The number of thioether (sulfide) groups is 1. The average Bonchev–Trinajstić information content (AvgIpc) is 2.63. The standard InChI is InChI=1S/C8H11N3O4S/c1-5-10-11-7(15-5)3-16-2-6(8(13)14)9-4-12/h4,6H,2-3H2,1H3,(H,9,12)(H,13,14). The molecule has 0 saturated carbocycles. The van der Waals surface area contributed by atoms with Crippen LogP contribution in [0.15, 0.2) is 4.42 Å². The second kappa shape index (κ2) is 6.11. The Morgan fingerprint density at radius 2 is 2.44 bits per heavy atom. The quantitative estimate of drug-likeness (QED) is 0.641. The molecule has 1 aromatic rings. The minimum Gasteiger partial charge on any atom is -0.480 e. The highest BCUT2D eigenvalue weighted by molar-refractivity contribution is 7.98. The van der Waals surface area contributed by atoms with E-state index in [0.717, 1.165) is 0 Å². The topological polar surface area (TPSA) is 105 Å². The van der Waals surface area contributed by atoms with Crippen molar-refractivity contribution >= 4 is 24.1 Å². The molecule has 0 radical (unpaired) electrons. The molecule has 1 heterocycles. The Bertz CT molecular complexity index is 368. The van der Waals surface area contributed by atoms with E-state index in [0.29, 0.717) is 23.9 Å². The summed E-state index contributed by atoms with van der Waals surface area (Å²) in [5, 5.41) is 18.3. The highest BCUT2D eigenvalue weighted by atomic mass is 32.2. The van der Waals surface area contributed by atoms with Gasteiger partial charge in [0.05, 0.1) is 5.75 Å². The third-order valence-electron chi connectivity index (χ3n) is 1.65. The molecule has 8 heteroatoms. The van der Waals surface area contributed by atoms with Crippen molar-refractivity contribution in [3.8, 4) is 0 Å². The minimum atomic E-state index is -1.07. The lowest BCUT2D eigenvalue weighted by Crippen LogP contribution is -2.37. The third-order valence-corrected chi connectivity index (χ3v) is 2.67. The Hall–Kier alpha value is -1.57. The summed E-state index contributed by atoms with van der Waals surface area (Å²) < 4.78 is 5.11. The molecule has 7 nitrogen and oxygen atoms in total. The summed E-state index contributed by atoms with van der Waals surface area (Å²) in [5.74, 6) is 0.510. The molecule has 0 fully saturated rings. The predicted octanol–water partition coefficient (Wildman–Crippen LogP) is -0.190. The summed E-state index contributed by atoms with van der Waals surface area (Å²) in [6, 6.07) is -0.897. The molecule has 16 heavy (non-hydrogen) atoms. The van der Waals surface area contributed by atoms with Crippen LogP contribution in [0.3, 0.4) is 0 Å². The lowest BCUT2D eigenvalue weighted by atomic mass is 10.3. The highest BCUT2D eigenvalue weighted by Gasteiger charge is 2.16. The Balaban J connectivity index is 2.33. The first-order valence-electron chi connectivity index (χ1n) is 4.42. The molecule has 0 aliphatic carbocycles. The number of nitrogens with one attached hydrogen (secondary N) is 1. The van der Waals surface area contributed by atoms with Crippen molar-refractivity contribution in [2.24, 2.45) is 0 Å². The molecule has 0 aliphatic rings. The number of carboxylic acid groups (broad SMARTS) is 1. The number of carboxylic acids is 1. The van der Waals surface area contributed by atoms with E-state index in [2.05, 4.69) is 15.5 Å². The number of hydrogen-bond donors (Lipinski definition) is 2. The van der Waals surface area contributed by atoms with E-state index in [1.807, 2.05) is 0 Å². The first-order valence-corrected chi connectivity index (χ1v) is 5.58. The molecular formula is C8H11N3O4S. The highest BCUT2D eigenvalue weighted by Crippen LogP contribution is 2.11. The van der Waals surface area contributed by atoms with Crippen molar-refractivity contribution in [1.82, 2.24) is 15.5 Å². The van der Waals surface area contributed by atoms with Gasteiger partial charge in [-0.15, -0.1) is 22.0 Å². The normalized spacial score (nSPS) is 12.1. The van der Waals surface area contributed by atoms with Crippen LogP contribution in [0.4, 0.5) is 0 Å². The van der Waals surface area contributed by atoms with Crippen LogP contribution in [0, 0.1) is 6.92 Å². The Morgan fingerprint density at radius 3 is 2.94 bits per heavy atom. The fourth-order valence-electron chi connectivity index (χ4n) is 0.933. The number of aromatic nitrogens is 2. The van der Waals surface area contributed by atoms with Gasteiger partial charge in [0.15, 0.2) is 0 Å². The zero-order chi connectivity index (χ0) is 12.0. The third kappa shape index (κ3) is 3.89. The number of carbonyl (C=O) groups excluding carboxylic acids is 1. The van der Waals surface area contributed by atoms with Crippen LogP contribution in [0.5, 0.6) is 0 Å². The van der Waals surface area contributed by atoms with Gasteiger partial charge in [0, 0.05) is 12.7 Å². The number of aliphatic carboxylic acids is 1. The predicted molar refractivity (Wildman–Crippen MR) is 55.8 cm³/mol. The van der Waals surface area contributed by atoms with E-state index < -0.39 is 12.0 Å². The summed E-state index contributed by atoms with van der Waals surface area (Å²) >= 11 is 1.30. The number of carbonyl (C=O) groups is 2. The van der Waals surface area contributed by atoms with Gasteiger partial charge in [0.1, 0.15) is 6.04 Å². The first-order chi connectivity index (χ1) is 7.63.